The van der Waals surface area contributed by atoms with Gasteiger partial charge in [0.15, 0.2) is 0 Å². The zero-order valence-electron chi connectivity index (χ0n) is 14.7. The van der Waals surface area contributed by atoms with Crippen LogP contribution in [0.25, 0.3) is 0 Å². The van der Waals surface area contributed by atoms with E-state index < -0.39 is 10.0 Å². The summed E-state index contributed by atoms with van der Waals surface area (Å²) in [4.78, 5) is 17.3. The van der Waals surface area contributed by atoms with Crippen LogP contribution in [-0.4, -0.2) is 39.0 Å². The fraction of sp³-hybridized carbons (Fsp3) is 0.588. The second kappa shape index (κ2) is 7.63. The van der Waals surface area contributed by atoms with Gasteiger partial charge in [-0.25, -0.2) is 8.42 Å². The number of hydroxylamine groups is 1. The molecule has 1 aromatic carbocycles. The summed E-state index contributed by atoms with van der Waals surface area (Å²) in [6, 6.07) is 6.16. The SMILES string of the molecule is CON(C)S(=O)(=O)c1cccc(C(=O)N[C@@H]2CCC[C@@H](C)[C@@H]2C)c1. The summed E-state index contributed by atoms with van der Waals surface area (Å²) in [6.07, 6.45) is 3.25. The molecule has 6 nitrogen and oxygen atoms in total. The molecule has 0 aliphatic heterocycles. The zero-order valence-corrected chi connectivity index (χ0v) is 15.5. The molecule has 1 aromatic rings. The van der Waals surface area contributed by atoms with E-state index >= 15 is 0 Å². The van der Waals surface area contributed by atoms with E-state index in [1.54, 1.807) is 12.1 Å². The molecule has 0 bridgehead atoms. The van der Waals surface area contributed by atoms with Gasteiger partial charge in [-0.3, -0.25) is 9.63 Å². The van der Waals surface area contributed by atoms with Crippen LogP contribution in [0.4, 0.5) is 0 Å². The molecule has 1 saturated carbocycles. The van der Waals surface area contributed by atoms with Crippen molar-refractivity contribution < 1.29 is 18.0 Å². The number of carbonyl (C=O) groups excluding carboxylic acids is 1. The Morgan fingerprint density at radius 1 is 1.29 bits per heavy atom. The molecule has 0 heterocycles. The molecule has 3 atom stereocenters. The highest BCUT2D eigenvalue weighted by Crippen LogP contribution is 2.29. The van der Waals surface area contributed by atoms with E-state index in [1.807, 2.05) is 0 Å². The van der Waals surface area contributed by atoms with Crippen molar-refractivity contribution >= 4 is 15.9 Å². The van der Waals surface area contributed by atoms with Gasteiger partial charge in [0.05, 0.1) is 12.0 Å². The molecule has 1 fully saturated rings. The number of rotatable bonds is 5. The van der Waals surface area contributed by atoms with Gasteiger partial charge >= 0.3 is 0 Å². The van der Waals surface area contributed by atoms with E-state index in [0.29, 0.717) is 17.4 Å². The van der Waals surface area contributed by atoms with Crippen molar-refractivity contribution in [3.63, 3.8) is 0 Å². The van der Waals surface area contributed by atoms with Crippen molar-refractivity contribution in [2.45, 2.75) is 44.0 Å². The van der Waals surface area contributed by atoms with Crippen LogP contribution < -0.4 is 5.32 Å². The monoisotopic (exact) mass is 354 g/mol. The van der Waals surface area contributed by atoms with Crippen LogP contribution in [0, 0.1) is 11.8 Å². The topological polar surface area (TPSA) is 75.7 Å². The molecule has 0 aromatic heterocycles. The number of hydrogen-bond acceptors (Lipinski definition) is 4. The first-order chi connectivity index (χ1) is 11.3. The minimum Gasteiger partial charge on any atom is -0.349 e. The van der Waals surface area contributed by atoms with Gasteiger partial charge < -0.3 is 5.32 Å². The highest BCUT2D eigenvalue weighted by Gasteiger charge is 2.29. The molecule has 0 unspecified atom stereocenters. The summed E-state index contributed by atoms with van der Waals surface area (Å²) in [5, 5.41) is 3.06. The quantitative estimate of drug-likeness (QED) is 0.824. The number of sulfonamides is 1. The van der Waals surface area contributed by atoms with Crippen molar-refractivity contribution in [3.8, 4) is 0 Å². The summed E-state index contributed by atoms with van der Waals surface area (Å²) in [6.45, 7) is 4.36. The number of nitrogens with one attached hydrogen (secondary N) is 1. The lowest BCUT2D eigenvalue weighted by molar-refractivity contribution is -0.0258. The third-order valence-corrected chi connectivity index (χ3v) is 6.69. The van der Waals surface area contributed by atoms with Crippen molar-refractivity contribution in [2.75, 3.05) is 14.2 Å². The van der Waals surface area contributed by atoms with Gasteiger partial charge in [0, 0.05) is 18.7 Å². The minimum absolute atomic E-state index is 0.0320. The Balaban J connectivity index is 2.18. The van der Waals surface area contributed by atoms with E-state index in [4.69, 9.17) is 4.84 Å². The van der Waals surface area contributed by atoms with Crippen molar-refractivity contribution in [3.05, 3.63) is 29.8 Å². The fourth-order valence-corrected chi connectivity index (χ4v) is 4.10. The van der Waals surface area contributed by atoms with Crippen LogP contribution in [0.5, 0.6) is 0 Å². The van der Waals surface area contributed by atoms with Crippen LogP contribution in [0.1, 0.15) is 43.5 Å². The first kappa shape index (κ1) is 18.9. The number of amides is 1. The molecule has 24 heavy (non-hydrogen) atoms. The molecule has 0 radical (unpaired) electrons. The molecule has 1 aliphatic carbocycles. The Hall–Kier alpha value is -1.44. The lowest BCUT2D eigenvalue weighted by atomic mass is 9.78. The van der Waals surface area contributed by atoms with Gasteiger partial charge in [-0.05, 0) is 36.5 Å². The number of hydrogen-bond donors (Lipinski definition) is 1. The number of carbonyl (C=O) groups is 1. The van der Waals surface area contributed by atoms with E-state index in [1.165, 1.54) is 32.7 Å². The van der Waals surface area contributed by atoms with E-state index in [0.717, 1.165) is 17.3 Å². The molecule has 0 saturated heterocycles. The van der Waals surface area contributed by atoms with E-state index in [9.17, 15) is 13.2 Å². The largest absolute Gasteiger partial charge is 0.349 e. The smallest absolute Gasteiger partial charge is 0.264 e. The predicted molar refractivity (Wildman–Crippen MR) is 91.8 cm³/mol. The van der Waals surface area contributed by atoms with Crippen molar-refractivity contribution in [1.82, 2.24) is 9.79 Å². The van der Waals surface area contributed by atoms with E-state index in [-0.39, 0.29) is 16.8 Å². The van der Waals surface area contributed by atoms with E-state index in [2.05, 4.69) is 19.2 Å². The molecule has 0 spiro atoms. The maximum Gasteiger partial charge on any atom is 0.264 e. The maximum absolute atomic E-state index is 12.5. The average molecular weight is 354 g/mol. The van der Waals surface area contributed by atoms with Gasteiger partial charge in [0.2, 0.25) is 0 Å². The first-order valence-electron chi connectivity index (χ1n) is 8.21. The van der Waals surface area contributed by atoms with Crippen LogP contribution >= 0.6 is 0 Å². The molecule has 1 amide bonds. The third kappa shape index (κ3) is 3.96. The second-order valence-corrected chi connectivity index (χ2v) is 8.41. The van der Waals surface area contributed by atoms with Gasteiger partial charge in [-0.2, -0.15) is 0 Å². The van der Waals surface area contributed by atoms with Crippen molar-refractivity contribution in [2.24, 2.45) is 11.8 Å². The first-order valence-corrected chi connectivity index (χ1v) is 9.65. The highest BCUT2D eigenvalue weighted by atomic mass is 32.2. The van der Waals surface area contributed by atoms with Gasteiger partial charge in [0.25, 0.3) is 15.9 Å². The minimum atomic E-state index is -3.77. The summed E-state index contributed by atoms with van der Waals surface area (Å²) >= 11 is 0. The molecular formula is C17H26N2O4S. The predicted octanol–water partition coefficient (Wildman–Crippen LogP) is 2.42. The zero-order chi connectivity index (χ0) is 17.9. The summed E-state index contributed by atoms with van der Waals surface area (Å²) in [5.41, 5.74) is 0.339. The fourth-order valence-electron chi connectivity index (χ4n) is 3.08. The second-order valence-electron chi connectivity index (χ2n) is 6.47. The summed E-state index contributed by atoms with van der Waals surface area (Å²) in [7, 11) is -1.18. The molecule has 2 rings (SSSR count). The van der Waals surface area contributed by atoms with Gasteiger partial charge in [-0.1, -0.05) is 37.2 Å². The maximum atomic E-state index is 12.5. The molecule has 1 N–H and O–H groups in total. The lowest BCUT2D eigenvalue weighted by Gasteiger charge is -2.34. The molecule has 1 aliphatic rings. The Bertz CT molecular complexity index is 690. The molecule has 134 valence electrons. The Labute approximate surface area is 144 Å². The van der Waals surface area contributed by atoms with Crippen LogP contribution in [0.2, 0.25) is 0 Å². The van der Waals surface area contributed by atoms with Gasteiger partial charge in [-0.15, -0.1) is 0 Å². The lowest BCUT2D eigenvalue weighted by Crippen LogP contribution is -2.43. The van der Waals surface area contributed by atoms with Crippen LogP contribution in [-0.2, 0) is 14.9 Å². The van der Waals surface area contributed by atoms with Gasteiger partial charge in [0.1, 0.15) is 0 Å². The summed E-state index contributed by atoms with van der Waals surface area (Å²) < 4.78 is 25.4. The van der Waals surface area contributed by atoms with Crippen LogP contribution in [0.3, 0.4) is 0 Å². The standard InChI is InChI=1S/C17H26N2O4S/c1-12-7-5-10-16(13(12)2)18-17(20)14-8-6-9-15(11-14)24(21,22)19(3)23-4/h6,8-9,11-13,16H,5,7,10H2,1-4H3,(H,18,20)/t12-,13+,16-/m1/s1. The Kier molecular flexibility index (Phi) is 6.01. The number of nitrogens with zero attached hydrogens (tertiary/aromatic N) is 1. The van der Waals surface area contributed by atoms with Crippen molar-refractivity contribution in [1.29, 1.82) is 0 Å². The summed E-state index contributed by atoms with van der Waals surface area (Å²) in [5.74, 6) is 0.749. The Morgan fingerprint density at radius 3 is 2.67 bits per heavy atom. The Morgan fingerprint density at radius 2 is 2.00 bits per heavy atom. The molecular weight excluding hydrogens is 328 g/mol. The highest BCUT2D eigenvalue weighted by molar-refractivity contribution is 7.89. The average Bonchev–Trinajstić information content (AvgIpc) is 2.58. The molecule has 7 heteroatoms. The normalized spacial score (nSPS) is 24.8. The third-order valence-electron chi connectivity index (χ3n) is 5.01. The van der Waals surface area contributed by atoms with Crippen LogP contribution in [0.15, 0.2) is 29.2 Å². The number of benzene rings is 1.